The standard InChI is InChI=1S/C64H136O36Si16/c1-25-33-49-57(73-49)41-65-101(9,10)81-109-89-110(82-102(11,12)66-42-58-50(74-58)34-26-2)92-113(91-109,85-105(17,18)69-45-61-53(77-61)37-29-5)99-114(86-106(19,20)70-46-62-54(78-62)38-30-6)93-111(83-103(13,14)67-43-59-51(75-59)35-27-3)90-112(94-114,84-104(15,16)68-44-60-52(76-60)36-28-4)98-116(96-110,88-108(23,24)72-48-64-56(80-64)40-32-8)100-115(95-109,97-111)87-107(21,22)71-47-63-55(79-63)39-31-7/h49-64H,25-48H2,1-24H3. The van der Waals surface area contributed by atoms with E-state index in [1.165, 1.54) is 0 Å². The molecule has 0 N–H and O–H groups in total. The number of epoxide rings is 8. The fourth-order valence-electron chi connectivity index (χ4n) is 14.7. The van der Waals surface area contributed by atoms with Crippen LogP contribution in [-0.2, 0) is 156 Å². The predicted molar refractivity (Wildman–Crippen MR) is 444 cm³/mol. The first-order valence-corrected chi connectivity index (χ1v) is 78.3. The van der Waals surface area contributed by atoms with Crippen molar-refractivity contribution in [1.29, 1.82) is 0 Å². The molecule has 0 amide bonds. The van der Waals surface area contributed by atoms with Crippen LogP contribution in [0.3, 0.4) is 0 Å². The van der Waals surface area contributed by atoms with E-state index in [0.29, 0.717) is 0 Å². The van der Waals surface area contributed by atoms with E-state index in [1.54, 1.807) is 26.2 Å². The lowest BCUT2D eigenvalue weighted by molar-refractivity contribution is -0.136. The Labute approximate surface area is 705 Å². The summed E-state index contributed by atoms with van der Waals surface area (Å²) in [7, 11) is -79.5. The molecule has 52 heteroatoms. The maximum Gasteiger partial charge on any atom is 0.653 e. The van der Waals surface area contributed by atoms with Gasteiger partial charge in [-0.3, -0.25) is 0 Å². The van der Waals surface area contributed by atoms with Gasteiger partial charge in [0.25, 0.3) is 0 Å². The van der Waals surface area contributed by atoms with Gasteiger partial charge in [0.05, 0.1) is 102 Å². The van der Waals surface area contributed by atoms with Crippen LogP contribution in [0, 0.1) is 0 Å². The Kier molecular flexibility index (Phi) is 30.6. The number of rotatable bonds is 56. The molecule has 14 fully saturated rings. The van der Waals surface area contributed by atoms with Crippen molar-refractivity contribution in [3.63, 3.8) is 0 Å². The lowest BCUT2D eigenvalue weighted by Crippen LogP contribution is -2.93. The van der Waals surface area contributed by atoms with E-state index in [0.717, 1.165) is 103 Å². The molecule has 14 saturated heterocycles. The normalized spacial score (nSPS) is 40.3. The van der Waals surface area contributed by atoms with E-state index in [1.807, 2.05) is 78.6 Å². The summed E-state index contributed by atoms with van der Waals surface area (Å²) in [5.41, 5.74) is 0. The Bertz CT molecular complexity index is 2930. The molecule has 672 valence electrons. The second kappa shape index (κ2) is 37.1. The first-order chi connectivity index (χ1) is 54.4. The second-order valence-corrected chi connectivity index (χ2v) is 84.8. The Morgan fingerprint density at radius 1 is 0.164 bits per heavy atom. The molecule has 14 heterocycles. The van der Waals surface area contributed by atoms with Crippen LogP contribution in [0.5, 0.6) is 0 Å². The highest BCUT2D eigenvalue weighted by Gasteiger charge is 2.93. The number of hydrogen-bond donors (Lipinski definition) is 0. The van der Waals surface area contributed by atoms with Gasteiger partial charge in [0, 0.05) is 0 Å². The molecule has 14 aliphatic heterocycles. The molecule has 8 bridgehead atoms. The summed E-state index contributed by atoms with van der Waals surface area (Å²) in [5, 5.41) is 0. The topological polar surface area (TPSA) is 359 Å². The van der Waals surface area contributed by atoms with Crippen molar-refractivity contribution in [3.8, 4) is 0 Å². The van der Waals surface area contributed by atoms with Gasteiger partial charge in [-0.15, -0.1) is 0 Å². The molecule has 36 nitrogen and oxygen atoms in total. The van der Waals surface area contributed by atoms with Crippen LogP contribution in [0.4, 0.5) is 0 Å². The molecule has 14 aliphatic rings. The first-order valence-electron chi connectivity index (χ1n) is 42.7. The van der Waals surface area contributed by atoms with Crippen molar-refractivity contribution in [2.75, 3.05) is 52.9 Å². The summed E-state index contributed by atoms with van der Waals surface area (Å²) in [6, 6.07) is 0. The highest BCUT2D eigenvalue weighted by Crippen LogP contribution is 2.55. The maximum atomic E-state index is 8.09. The fraction of sp³-hybridized carbons (Fsp3) is 1.00. The molecular formula is C64H136O36Si16. The van der Waals surface area contributed by atoms with Crippen LogP contribution >= 0.6 is 0 Å². The molecule has 0 saturated carbocycles. The molecule has 0 radical (unpaired) electrons. The van der Waals surface area contributed by atoms with Crippen LogP contribution in [0.15, 0.2) is 0 Å². The van der Waals surface area contributed by atoms with Crippen molar-refractivity contribution >= 4 is 141 Å². The van der Waals surface area contributed by atoms with Gasteiger partial charge in [0.1, 0.15) is 48.8 Å². The lowest BCUT2D eigenvalue weighted by Gasteiger charge is -2.60. The van der Waals surface area contributed by atoms with Gasteiger partial charge >= 0.3 is 141 Å². The maximum absolute atomic E-state index is 8.09. The molecule has 0 aromatic carbocycles. The smallest absolute Gasteiger partial charge is 0.392 e. The Morgan fingerprint density at radius 2 is 0.259 bits per heavy atom. The summed E-state index contributed by atoms with van der Waals surface area (Å²) in [6.07, 6.45) is 10.6. The summed E-state index contributed by atoms with van der Waals surface area (Å²) in [6.45, 7) is 46.5. The summed E-state index contributed by atoms with van der Waals surface area (Å²) in [5.74, 6) is 0. The minimum Gasteiger partial charge on any atom is -0.392 e. The van der Waals surface area contributed by atoms with Gasteiger partial charge in [0.2, 0.25) is 0 Å². The molecule has 116 heavy (non-hydrogen) atoms. The fourth-order valence-corrected chi connectivity index (χ4v) is 81.0. The van der Waals surface area contributed by atoms with Gasteiger partial charge in [-0.05, 0) is 156 Å². The molecular weight excluding hydrogens is 1790 g/mol. The highest BCUT2D eigenvalue weighted by atomic mass is 28.7. The van der Waals surface area contributed by atoms with Crippen LogP contribution < -0.4 is 0 Å². The molecule has 14 rings (SSSR count). The van der Waals surface area contributed by atoms with E-state index < -0.39 is 141 Å². The van der Waals surface area contributed by atoms with Crippen molar-refractivity contribution in [1.82, 2.24) is 0 Å². The van der Waals surface area contributed by atoms with Crippen LogP contribution in [0.2, 0.25) is 105 Å². The van der Waals surface area contributed by atoms with Crippen LogP contribution in [0.25, 0.3) is 0 Å². The van der Waals surface area contributed by atoms with E-state index in [9.17, 15) is 0 Å². The summed E-state index contributed by atoms with van der Waals surface area (Å²) in [4.78, 5) is 0. The van der Waals surface area contributed by atoms with Gasteiger partial charge in [0.15, 0.2) is 0 Å². The van der Waals surface area contributed by atoms with Crippen molar-refractivity contribution in [2.24, 2.45) is 0 Å². The average Bonchev–Trinajstić information content (AvgIpc) is 1.64. The molecule has 16 atom stereocenters. The van der Waals surface area contributed by atoms with E-state index in [2.05, 4.69) is 55.4 Å². The third-order valence-electron chi connectivity index (χ3n) is 20.8. The van der Waals surface area contributed by atoms with Crippen molar-refractivity contribution in [3.05, 3.63) is 0 Å². The zero-order valence-corrected chi connectivity index (χ0v) is 88.9. The molecule has 0 aromatic rings. The number of hydrogen-bond acceptors (Lipinski definition) is 36. The SMILES string of the molecule is CCCC1OC1CO[Si](C)(C)O[Si]12O[Si]3(O[Si](C)(C)OCC4OC4CCC)O[Si](O[Si](C)(C)OCC4OC4CCC)(O1)O[Si]1(O[Si](C)(C)OCC4OC4CCC)O[Si]4(O[Si](C)(C)OCC5OC5CCC)O[Si](O[Si](C)(C)OCC5OC5CCC)(O1)O[Si](O[Si](C)(C)OCC1OC1CCC)(O3)O[Si](O[Si](C)(C)OCC1OC1CCC)(O2)O4. The van der Waals surface area contributed by atoms with E-state index >= 15 is 0 Å². The Hall–Kier alpha value is 2.03. The quantitative estimate of drug-likeness (QED) is 0.0403. The van der Waals surface area contributed by atoms with Gasteiger partial charge in [-0.25, -0.2) is 0 Å². The zero-order valence-electron chi connectivity index (χ0n) is 72.9. The zero-order chi connectivity index (χ0) is 83.7. The average molecular weight is 1930 g/mol. The lowest BCUT2D eigenvalue weighted by atomic mass is 10.2. The number of ether oxygens (including phenoxy) is 8. The van der Waals surface area contributed by atoms with Crippen LogP contribution in [-0.4, -0.2) is 291 Å². The third-order valence-corrected chi connectivity index (χ3v) is 75.4. The largest absolute Gasteiger partial charge is 0.653 e. The highest BCUT2D eigenvalue weighted by molar-refractivity contribution is 7.03. The van der Waals surface area contributed by atoms with Crippen molar-refractivity contribution in [2.45, 2.75) is 361 Å². The Balaban J connectivity index is 1.08. The van der Waals surface area contributed by atoms with Gasteiger partial charge in [-0.2, -0.15) is 0 Å². The van der Waals surface area contributed by atoms with E-state index in [-0.39, 0.29) is 151 Å². The molecule has 0 aromatic heterocycles. The van der Waals surface area contributed by atoms with Crippen LogP contribution in [0.1, 0.15) is 158 Å². The molecule has 0 spiro atoms. The predicted octanol–water partition coefficient (Wildman–Crippen LogP) is 10.2. The van der Waals surface area contributed by atoms with Gasteiger partial charge in [-0.1, -0.05) is 107 Å². The van der Waals surface area contributed by atoms with Gasteiger partial charge < -0.3 is 156 Å². The molecule has 0 aliphatic carbocycles. The van der Waals surface area contributed by atoms with Crippen molar-refractivity contribution < 1.29 is 156 Å². The minimum atomic E-state index is -6.04. The molecule has 16 unspecified atom stereocenters. The second-order valence-electron chi connectivity index (χ2n) is 35.7. The monoisotopic (exact) mass is 1930 g/mol. The minimum absolute atomic E-state index is 0.0640. The van der Waals surface area contributed by atoms with E-state index in [4.69, 9.17) is 156 Å². The third kappa shape index (κ3) is 26.2. The first kappa shape index (κ1) is 95.6. The summed E-state index contributed by atoms with van der Waals surface area (Å²) >= 11 is 0. The summed E-state index contributed by atoms with van der Waals surface area (Å²) < 4.78 is 265. The Morgan fingerprint density at radius 3 is 0.345 bits per heavy atom.